The Morgan fingerprint density at radius 2 is 1.63 bits per heavy atom. The lowest BCUT2D eigenvalue weighted by molar-refractivity contribution is -0.143. The van der Waals surface area contributed by atoms with Crippen LogP contribution in [0.2, 0.25) is 0 Å². The zero-order valence-corrected chi connectivity index (χ0v) is 18.2. The van der Waals surface area contributed by atoms with Crippen LogP contribution in [-0.4, -0.2) is 51.0 Å². The first-order chi connectivity index (χ1) is 16.4. The highest BCUT2D eigenvalue weighted by Crippen LogP contribution is 2.36. The van der Waals surface area contributed by atoms with E-state index in [4.69, 9.17) is 9.47 Å². The first-order valence-corrected chi connectivity index (χ1v) is 9.86. The smallest absolute Gasteiger partial charge is 0.416 e. The second-order valence-electron chi connectivity index (χ2n) is 7.04. The van der Waals surface area contributed by atoms with Gasteiger partial charge < -0.3 is 14.8 Å². The predicted octanol–water partition coefficient (Wildman–Crippen LogP) is 3.61. The molecule has 2 aromatic heterocycles. The van der Waals surface area contributed by atoms with Crippen LogP contribution < -0.4 is 10.1 Å². The number of benzene rings is 1. The van der Waals surface area contributed by atoms with Crippen LogP contribution in [0.3, 0.4) is 0 Å². The lowest BCUT2D eigenvalue weighted by Crippen LogP contribution is -2.28. The number of nitrogens with zero attached hydrogens (tertiary/aromatic N) is 5. The zero-order valence-electron chi connectivity index (χ0n) is 18.2. The van der Waals surface area contributed by atoms with E-state index >= 15 is 0 Å². The molecule has 2 heterocycles. The highest BCUT2D eigenvalue weighted by molar-refractivity contribution is 5.94. The highest BCUT2D eigenvalue weighted by atomic mass is 19.4. The molecule has 1 unspecified atom stereocenters. The van der Waals surface area contributed by atoms with Gasteiger partial charge in [0.05, 0.1) is 23.8 Å². The molecule has 0 spiro atoms. The topological polar surface area (TPSA) is 104 Å². The van der Waals surface area contributed by atoms with Crippen LogP contribution in [-0.2, 0) is 17.1 Å². The van der Waals surface area contributed by atoms with Gasteiger partial charge in [-0.2, -0.15) is 31.3 Å². The van der Waals surface area contributed by atoms with E-state index in [9.17, 15) is 31.1 Å². The van der Waals surface area contributed by atoms with Gasteiger partial charge in [-0.1, -0.05) is 0 Å². The number of methoxy groups -OCH3 is 1. The van der Waals surface area contributed by atoms with Crippen molar-refractivity contribution in [3.8, 4) is 12.0 Å². The van der Waals surface area contributed by atoms with Gasteiger partial charge in [0, 0.05) is 25.1 Å². The van der Waals surface area contributed by atoms with Crippen molar-refractivity contribution in [3.63, 3.8) is 0 Å². The summed E-state index contributed by atoms with van der Waals surface area (Å²) >= 11 is 0. The number of rotatable bonds is 8. The van der Waals surface area contributed by atoms with Crippen LogP contribution in [0.5, 0.6) is 6.01 Å². The van der Waals surface area contributed by atoms with Gasteiger partial charge in [-0.05, 0) is 31.2 Å². The number of halogens is 6. The summed E-state index contributed by atoms with van der Waals surface area (Å²) in [5.74, 6) is -1.17. The van der Waals surface area contributed by atoms with Crippen LogP contribution in [0.15, 0.2) is 36.7 Å². The van der Waals surface area contributed by atoms with Crippen LogP contribution >= 0.6 is 0 Å². The molecule has 0 saturated heterocycles. The van der Waals surface area contributed by atoms with Gasteiger partial charge in [-0.15, -0.1) is 9.78 Å². The normalized spacial score (nSPS) is 12.9. The minimum atomic E-state index is -5.09. The summed E-state index contributed by atoms with van der Waals surface area (Å²) in [6, 6.07) is 1.05. The van der Waals surface area contributed by atoms with Crippen molar-refractivity contribution in [2.45, 2.75) is 25.3 Å². The molecule has 188 valence electrons. The van der Waals surface area contributed by atoms with Crippen molar-refractivity contribution in [2.24, 2.45) is 0 Å². The predicted molar refractivity (Wildman–Crippen MR) is 107 cm³/mol. The summed E-state index contributed by atoms with van der Waals surface area (Å²) in [4.78, 5) is 24.8. The Balaban J connectivity index is 1.89. The maximum Gasteiger partial charge on any atom is 0.416 e. The molecule has 1 atom stereocenters. The summed E-state index contributed by atoms with van der Waals surface area (Å²) in [6.07, 6.45) is -7.32. The average molecular weight is 504 g/mol. The van der Waals surface area contributed by atoms with Crippen LogP contribution in [0.25, 0.3) is 5.95 Å². The van der Waals surface area contributed by atoms with Gasteiger partial charge in [0.1, 0.15) is 6.61 Å². The molecule has 9 nitrogen and oxygen atoms in total. The molecule has 35 heavy (non-hydrogen) atoms. The highest BCUT2D eigenvalue weighted by Gasteiger charge is 2.37. The number of ether oxygens (including phenoxy) is 2. The Kier molecular flexibility index (Phi) is 7.57. The summed E-state index contributed by atoms with van der Waals surface area (Å²) < 4.78 is 90.1. The van der Waals surface area contributed by atoms with Gasteiger partial charge in [0.15, 0.2) is 5.82 Å². The fourth-order valence-electron chi connectivity index (χ4n) is 2.77. The minimum Gasteiger partial charge on any atom is -0.461 e. The monoisotopic (exact) mass is 504 g/mol. The first-order valence-electron chi connectivity index (χ1n) is 9.86. The fraction of sp³-hybridized carbons (Fsp3) is 0.350. The third-order valence-corrected chi connectivity index (χ3v) is 4.44. The molecular weight excluding hydrogens is 486 g/mol. The lowest BCUT2D eigenvalue weighted by Gasteiger charge is -2.15. The standard InChI is InChI=1S/C20H18F6N6O3/c1-11(15-30-18(35-7-6-34-2)32(31-15)17-27-4-3-5-28-17)29-16(33)12-8-13(19(21,22)23)10-14(9-12)20(24,25)26/h3-5,8-11H,6-7H2,1-2H3,(H,29,33). The van der Waals surface area contributed by atoms with E-state index in [1.807, 2.05) is 0 Å². The van der Waals surface area contributed by atoms with E-state index in [1.165, 1.54) is 26.4 Å². The van der Waals surface area contributed by atoms with Gasteiger partial charge in [0.25, 0.3) is 11.9 Å². The maximum absolute atomic E-state index is 13.1. The Labute approximate surface area is 194 Å². The van der Waals surface area contributed by atoms with Crippen molar-refractivity contribution in [2.75, 3.05) is 20.3 Å². The molecule has 3 rings (SSSR count). The molecule has 0 fully saturated rings. The maximum atomic E-state index is 13.1. The number of amides is 1. The summed E-state index contributed by atoms with van der Waals surface area (Å²) in [5, 5.41) is 6.46. The molecule has 0 aliphatic heterocycles. The minimum absolute atomic E-state index is 0.0544. The Bertz CT molecular complexity index is 1130. The number of hydrogen-bond donors (Lipinski definition) is 1. The molecule has 0 radical (unpaired) electrons. The third kappa shape index (κ3) is 6.44. The Morgan fingerprint density at radius 3 is 2.17 bits per heavy atom. The zero-order chi connectivity index (χ0) is 25.8. The van der Waals surface area contributed by atoms with Crippen LogP contribution in [0.1, 0.15) is 40.3 Å². The lowest BCUT2D eigenvalue weighted by atomic mass is 10.0. The van der Waals surface area contributed by atoms with Gasteiger partial charge >= 0.3 is 18.4 Å². The van der Waals surface area contributed by atoms with E-state index in [2.05, 4.69) is 25.4 Å². The Hall–Kier alpha value is -3.75. The molecule has 0 aliphatic carbocycles. The van der Waals surface area contributed by atoms with E-state index in [-0.39, 0.29) is 37.1 Å². The first kappa shape index (κ1) is 25.9. The number of aromatic nitrogens is 5. The summed E-state index contributed by atoms with van der Waals surface area (Å²) in [7, 11) is 1.45. The second-order valence-corrected chi connectivity index (χ2v) is 7.04. The molecule has 1 aromatic carbocycles. The summed E-state index contributed by atoms with van der Waals surface area (Å²) in [5.41, 5.74) is -4.05. The number of alkyl halides is 6. The van der Waals surface area contributed by atoms with E-state index in [1.54, 1.807) is 6.07 Å². The number of carbonyl (C=O) groups excluding carboxylic acids is 1. The van der Waals surface area contributed by atoms with Crippen LogP contribution in [0.4, 0.5) is 26.3 Å². The van der Waals surface area contributed by atoms with Crippen molar-refractivity contribution in [1.82, 2.24) is 30.0 Å². The molecule has 0 bridgehead atoms. The van der Waals surface area contributed by atoms with E-state index in [0.29, 0.717) is 12.1 Å². The molecule has 3 aromatic rings. The third-order valence-electron chi connectivity index (χ3n) is 4.44. The van der Waals surface area contributed by atoms with Crippen molar-refractivity contribution in [1.29, 1.82) is 0 Å². The largest absolute Gasteiger partial charge is 0.461 e. The van der Waals surface area contributed by atoms with Gasteiger partial charge in [-0.25, -0.2) is 9.97 Å². The molecule has 1 N–H and O–H groups in total. The molecule has 1 amide bonds. The number of nitrogens with one attached hydrogen (secondary N) is 1. The summed E-state index contributed by atoms with van der Waals surface area (Å²) in [6.45, 7) is 1.68. The number of hydrogen-bond acceptors (Lipinski definition) is 7. The van der Waals surface area contributed by atoms with Crippen LogP contribution in [0, 0.1) is 0 Å². The van der Waals surface area contributed by atoms with E-state index < -0.39 is 41.0 Å². The number of carbonyl (C=O) groups is 1. The molecule has 0 aliphatic rings. The molecule has 0 saturated carbocycles. The van der Waals surface area contributed by atoms with Crippen molar-refractivity contribution >= 4 is 5.91 Å². The Morgan fingerprint density at radius 1 is 1.03 bits per heavy atom. The fourth-order valence-corrected chi connectivity index (χ4v) is 2.77. The SMILES string of the molecule is COCCOc1nc(C(C)NC(=O)c2cc(C(F)(F)F)cc(C(F)(F)F)c2)nn1-c1ncccn1. The van der Waals surface area contributed by atoms with Gasteiger partial charge in [0.2, 0.25) is 0 Å². The van der Waals surface area contributed by atoms with Gasteiger partial charge in [-0.3, -0.25) is 4.79 Å². The molecule has 15 heteroatoms. The van der Waals surface area contributed by atoms with Crippen molar-refractivity contribution < 1.29 is 40.6 Å². The second kappa shape index (κ2) is 10.2. The quantitative estimate of drug-likeness (QED) is 0.369. The average Bonchev–Trinajstić information content (AvgIpc) is 3.23. The van der Waals surface area contributed by atoms with Crippen molar-refractivity contribution in [3.05, 3.63) is 59.2 Å². The molecular formula is C20H18F6N6O3. The van der Waals surface area contributed by atoms with E-state index in [0.717, 1.165) is 4.68 Å².